The van der Waals surface area contributed by atoms with E-state index in [1.54, 1.807) is 24.3 Å². The number of phenols is 1. The van der Waals surface area contributed by atoms with Crippen LogP contribution in [0, 0.1) is 0 Å². The molecule has 1 heterocycles. The van der Waals surface area contributed by atoms with Gasteiger partial charge in [0.05, 0.1) is 21.3 Å². The van der Waals surface area contributed by atoms with Gasteiger partial charge in [-0.05, 0) is 36.2 Å². The summed E-state index contributed by atoms with van der Waals surface area (Å²) in [7, 11) is 4.59. The molecule has 1 N–H and O–H groups in total. The molecule has 0 saturated carbocycles. The molecule has 1 saturated heterocycles. The minimum absolute atomic E-state index is 0.0643. The maximum Gasteiger partial charge on any atom is 0.254 e. The molecule has 0 aliphatic carbocycles. The molecule has 1 aliphatic heterocycles. The summed E-state index contributed by atoms with van der Waals surface area (Å²) in [5.41, 5.74) is 1.63. The molecule has 0 aromatic heterocycles. The highest BCUT2D eigenvalue weighted by Gasteiger charge is 2.29. The number of ether oxygens (including phenoxy) is 3. The lowest BCUT2D eigenvalue weighted by Gasteiger charge is -2.19. The van der Waals surface area contributed by atoms with Crippen molar-refractivity contribution < 1.29 is 24.1 Å². The topological polar surface area (TPSA) is 68.2 Å². The molecule has 1 aliphatic rings. The number of carbonyl (C=O) groups excluding carboxylic acids is 1. The summed E-state index contributed by atoms with van der Waals surface area (Å²) in [6, 6.07) is 10.5. The smallest absolute Gasteiger partial charge is 0.254 e. The third-order valence-corrected chi connectivity index (χ3v) is 4.75. The van der Waals surface area contributed by atoms with Crippen LogP contribution in [-0.4, -0.2) is 50.3 Å². The zero-order valence-electron chi connectivity index (χ0n) is 15.2. The van der Waals surface area contributed by atoms with Gasteiger partial charge in [-0.1, -0.05) is 12.1 Å². The Kier molecular flexibility index (Phi) is 5.21. The number of hydrogen-bond donors (Lipinski definition) is 1. The third-order valence-electron chi connectivity index (χ3n) is 4.75. The molecule has 6 heteroatoms. The molecule has 2 aromatic rings. The van der Waals surface area contributed by atoms with Gasteiger partial charge in [-0.3, -0.25) is 4.79 Å². The summed E-state index contributed by atoms with van der Waals surface area (Å²) in [5, 5.41) is 9.43. The monoisotopic (exact) mass is 357 g/mol. The number of amides is 1. The number of rotatable bonds is 5. The zero-order valence-corrected chi connectivity index (χ0v) is 15.2. The van der Waals surface area contributed by atoms with E-state index >= 15 is 0 Å². The number of methoxy groups -OCH3 is 3. The van der Waals surface area contributed by atoms with Gasteiger partial charge < -0.3 is 24.2 Å². The molecule has 1 fully saturated rings. The van der Waals surface area contributed by atoms with Crippen LogP contribution in [0.5, 0.6) is 23.0 Å². The second-order valence-corrected chi connectivity index (χ2v) is 6.24. The molecule has 26 heavy (non-hydrogen) atoms. The lowest BCUT2D eigenvalue weighted by Crippen LogP contribution is -2.28. The van der Waals surface area contributed by atoms with Gasteiger partial charge in [0, 0.05) is 24.6 Å². The highest BCUT2D eigenvalue weighted by atomic mass is 16.5. The van der Waals surface area contributed by atoms with Crippen LogP contribution < -0.4 is 14.2 Å². The molecule has 0 spiro atoms. The Labute approximate surface area is 152 Å². The molecule has 1 amide bonds. The first-order chi connectivity index (χ1) is 12.6. The van der Waals surface area contributed by atoms with Gasteiger partial charge in [-0.25, -0.2) is 0 Å². The molecule has 138 valence electrons. The lowest BCUT2D eigenvalue weighted by atomic mass is 9.98. The number of benzene rings is 2. The van der Waals surface area contributed by atoms with Crippen molar-refractivity contribution in [3.63, 3.8) is 0 Å². The van der Waals surface area contributed by atoms with Crippen LogP contribution in [0.2, 0.25) is 0 Å². The lowest BCUT2D eigenvalue weighted by molar-refractivity contribution is 0.0790. The fourth-order valence-corrected chi connectivity index (χ4v) is 3.35. The fourth-order valence-electron chi connectivity index (χ4n) is 3.35. The molecule has 0 radical (unpaired) electrons. The van der Waals surface area contributed by atoms with E-state index in [2.05, 4.69) is 0 Å². The quantitative estimate of drug-likeness (QED) is 0.891. The van der Waals surface area contributed by atoms with Gasteiger partial charge in [0.25, 0.3) is 5.91 Å². The van der Waals surface area contributed by atoms with E-state index in [1.165, 1.54) is 21.3 Å². The summed E-state index contributed by atoms with van der Waals surface area (Å²) >= 11 is 0. The first-order valence-corrected chi connectivity index (χ1v) is 8.45. The maximum absolute atomic E-state index is 12.9. The summed E-state index contributed by atoms with van der Waals surface area (Å²) in [6.45, 7) is 1.32. The van der Waals surface area contributed by atoms with Crippen LogP contribution in [-0.2, 0) is 0 Å². The first-order valence-electron chi connectivity index (χ1n) is 8.45. The third kappa shape index (κ3) is 3.40. The fraction of sp³-hybridized carbons (Fsp3) is 0.350. The van der Waals surface area contributed by atoms with Crippen molar-refractivity contribution >= 4 is 5.91 Å². The van der Waals surface area contributed by atoms with Crippen LogP contribution in [0.4, 0.5) is 0 Å². The number of likely N-dealkylation sites (tertiary alicyclic amines) is 1. The summed E-state index contributed by atoms with van der Waals surface area (Å²) in [5.74, 6) is 1.84. The molecule has 0 bridgehead atoms. The van der Waals surface area contributed by atoms with Crippen molar-refractivity contribution in [1.82, 2.24) is 4.90 Å². The van der Waals surface area contributed by atoms with E-state index in [1.807, 2.05) is 17.0 Å². The SMILES string of the molecule is COc1cc(C(=O)N2CCC(c3ccc(O)cc3)C2)cc(OC)c1OC. The first kappa shape index (κ1) is 17.9. The number of aromatic hydroxyl groups is 1. The molecule has 1 unspecified atom stereocenters. The molecule has 2 aromatic carbocycles. The Bertz CT molecular complexity index is 762. The summed E-state index contributed by atoms with van der Waals surface area (Å²) in [6.07, 6.45) is 0.890. The van der Waals surface area contributed by atoms with Gasteiger partial charge in [-0.2, -0.15) is 0 Å². The Balaban J connectivity index is 1.80. The predicted octanol–water partition coefficient (Wildman–Crippen LogP) is 3.05. The van der Waals surface area contributed by atoms with Crippen LogP contribution in [0.15, 0.2) is 36.4 Å². The number of carbonyl (C=O) groups is 1. The van der Waals surface area contributed by atoms with Crippen LogP contribution >= 0.6 is 0 Å². The summed E-state index contributed by atoms with van der Waals surface area (Å²) < 4.78 is 16.0. The number of phenolic OH excluding ortho intramolecular Hbond substituents is 1. The van der Waals surface area contributed by atoms with E-state index in [9.17, 15) is 9.90 Å². The van der Waals surface area contributed by atoms with Crippen molar-refractivity contribution in [2.24, 2.45) is 0 Å². The molecule has 1 atom stereocenters. The second-order valence-electron chi connectivity index (χ2n) is 6.24. The van der Waals surface area contributed by atoms with Gasteiger partial charge in [0.1, 0.15) is 5.75 Å². The van der Waals surface area contributed by atoms with Crippen molar-refractivity contribution in [3.8, 4) is 23.0 Å². The van der Waals surface area contributed by atoms with Crippen molar-refractivity contribution in [2.75, 3.05) is 34.4 Å². The standard InChI is InChI=1S/C20H23NO5/c1-24-17-10-15(11-18(25-2)19(17)26-3)20(23)21-9-8-14(12-21)13-4-6-16(22)7-5-13/h4-7,10-11,14,22H,8-9,12H2,1-3H3. The Morgan fingerprint density at radius 3 is 2.19 bits per heavy atom. The molecule has 6 nitrogen and oxygen atoms in total. The van der Waals surface area contributed by atoms with Gasteiger partial charge >= 0.3 is 0 Å². The van der Waals surface area contributed by atoms with Crippen molar-refractivity contribution in [1.29, 1.82) is 0 Å². The largest absolute Gasteiger partial charge is 0.508 e. The minimum Gasteiger partial charge on any atom is -0.508 e. The predicted molar refractivity (Wildman–Crippen MR) is 97.5 cm³/mol. The minimum atomic E-state index is -0.0643. The van der Waals surface area contributed by atoms with Gasteiger partial charge in [0.15, 0.2) is 11.5 Å². The average molecular weight is 357 g/mol. The normalized spacial score (nSPS) is 16.4. The molecule has 3 rings (SSSR count). The van der Waals surface area contributed by atoms with E-state index in [0.29, 0.717) is 35.9 Å². The summed E-state index contributed by atoms with van der Waals surface area (Å²) in [4.78, 5) is 14.8. The Morgan fingerprint density at radius 2 is 1.65 bits per heavy atom. The zero-order chi connectivity index (χ0) is 18.7. The Hall–Kier alpha value is -2.89. The number of hydrogen-bond acceptors (Lipinski definition) is 5. The van der Waals surface area contributed by atoms with Crippen LogP contribution in [0.1, 0.15) is 28.3 Å². The van der Waals surface area contributed by atoms with E-state index in [0.717, 1.165) is 12.0 Å². The van der Waals surface area contributed by atoms with E-state index in [-0.39, 0.29) is 17.6 Å². The highest BCUT2D eigenvalue weighted by molar-refractivity contribution is 5.96. The molecular formula is C20H23NO5. The second kappa shape index (κ2) is 7.56. The molecular weight excluding hydrogens is 334 g/mol. The maximum atomic E-state index is 12.9. The van der Waals surface area contributed by atoms with Crippen LogP contribution in [0.3, 0.4) is 0 Å². The van der Waals surface area contributed by atoms with E-state index in [4.69, 9.17) is 14.2 Å². The highest BCUT2D eigenvalue weighted by Crippen LogP contribution is 2.39. The number of nitrogens with zero attached hydrogens (tertiary/aromatic N) is 1. The van der Waals surface area contributed by atoms with Crippen molar-refractivity contribution in [2.45, 2.75) is 12.3 Å². The van der Waals surface area contributed by atoms with Crippen LogP contribution in [0.25, 0.3) is 0 Å². The van der Waals surface area contributed by atoms with Gasteiger partial charge in [-0.15, -0.1) is 0 Å². The Morgan fingerprint density at radius 1 is 1.04 bits per heavy atom. The average Bonchev–Trinajstić information content (AvgIpc) is 3.16. The van der Waals surface area contributed by atoms with Gasteiger partial charge in [0.2, 0.25) is 5.75 Å². The van der Waals surface area contributed by atoms with E-state index < -0.39 is 0 Å². The van der Waals surface area contributed by atoms with Crippen molar-refractivity contribution in [3.05, 3.63) is 47.5 Å².